The highest BCUT2D eigenvalue weighted by molar-refractivity contribution is 7.84. The molecular formula is C16H32N2O2S2Si. The summed E-state index contributed by atoms with van der Waals surface area (Å²) in [5.74, 6) is 0.130. The predicted molar refractivity (Wildman–Crippen MR) is 104 cm³/mol. The SMILES string of the molecule is Cc1csc([C@@H](CO[Si](C)(C)C(C)(C)C)CC(C)(C)S(N)=O)n1. The lowest BCUT2D eigenvalue weighted by atomic mass is 9.97. The van der Waals surface area contributed by atoms with E-state index in [1.807, 2.05) is 20.8 Å². The topological polar surface area (TPSA) is 65.2 Å². The predicted octanol–water partition coefficient (Wildman–Crippen LogP) is 4.35. The van der Waals surface area contributed by atoms with Gasteiger partial charge in [-0.3, -0.25) is 5.14 Å². The van der Waals surface area contributed by atoms with Crippen LogP contribution in [0, 0.1) is 6.92 Å². The van der Waals surface area contributed by atoms with Gasteiger partial charge in [0, 0.05) is 23.6 Å². The molecule has 134 valence electrons. The fourth-order valence-electron chi connectivity index (χ4n) is 1.98. The molecule has 2 N–H and O–H groups in total. The van der Waals surface area contributed by atoms with Crippen LogP contribution in [0.1, 0.15) is 57.7 Å². The minimum Gasteiger partial charge on any atom is -0.416 e. The second-order valence-electron chi connectivity index (χ2n) is 8.36. The van der Waals surface area contributed by atoms with Crippen molar-refractivity contribution in [2.75, 3.05) is 6.61 Å². The monoisotopic (exact) mass is 376 g/mol. The fourth-order valence-corrected chi connectivity index (χ4v) is 4.28. The largest absolute Gasteiger partial charge is 0.416 e. The third kappa shape index (κ3) is 5.74. The third-order valence-corrected chi connectivity index (χ3v) is 11.6. The molecule has 0 spiro atoms. The molecule has 0 radical (unpaired) electrons. The van der Waals surface area contributed by atoms with Gasteiger partial charge in [0.15, 0.2) is 8.32 Å². The number of nitrogens with two attached hydrogens (primary N) is 1. The third-order valence-electron chi connectivity index (χ3n) is 4.72. The van der Waals surface area contributed by atoms with E-state index in [1.165, 1.54) is 0 Å². The summed E-state index contributed by atoms with van der Waals surface area (Å²) in [6.45, 7) is 17.7. The van der Waals surface area contributed by atoms with Crippen LogP contribution >= 0.6 is 11.3 Å². The molecule has 0 bridgehead atoms. The van der Waals surface area contributed by atoms with Gasteiger partial charge >= 0.3 is 0 Å². The average Bonchev–Trinajstić information content (AvgIpc) is 2.79. The van der Waals surface area contributed by atoms with E-state index >= 15 is 0 Å². The minimum atomic E-state index is -1.83. The summed E-state index contributed by atoms with van der Waals surface area (Å²) in [6, 6.07) is 0. The Balaban J connectivity index is 2.96. The molecule has 0 aliphatic carbocycles. The highest BCUT2D eigenvalue weighted by Gasteiger charge is 2.39. The molecule has 1 rings (SSSR count). The Bertz CT molecular complexity index is 551. The van der Waals surface area contributed by atoms with Crippen LogP contribution < -0.4 is 5.14 Å². The van der Waals surface area contributed by atoms with Gasteiger partial charge in [-0.2, -0.15) is 0 Å². The van der Waals surface area contributed by atoms with Gasteiger partial charge in [-0.15, -0.1) is 11.3 Å². The van der Waals surface area contributed by atoms with Gasteiger partial charge in [0.1, 0.15) is 0 Å². The van der Waals surface area contributed by atoms with Crippen molar-refractivity contribution < 1.29 is 8.63 Å². The van der Waals surface area contributed by atoms with E-state index < -0.39 is 24.1 Å². The van der Waals surface area contributed by atoms with E-state index in [1.54, 1.807) is 11.3 Å². The Labute approximate surface area is 149 Å². The van der Waals surface area contributed by atoms with Crippen LogP contribution in [0.25, 0.3) is 0 Å². The highest BCUT2D eigenvalue weighted by Crippen LogP contribution is 2.38. The van der Waals surface area contributed by atoms with Crippen molar-refractivity contribution in [1.82, 2.24) is 4.98 Å². The number of hydrogen-bond acceptors (Lipinski definition) is 4. The zero-order valence-electron chi connectivity index (χ0n) is 15.7. The molecular weight excluding hydrogens is 344 g/mol. The zero-order chi connectivity index (χ0) is 18.1. The summed E-state index contributed by atoms with van der Waals surface area (Å²) in [5.41, 5.74) is 1.02. The Morgan fingerprint density at radius 3 is 2.30 bits per heavy atom. The van der Waals surface area contributed by atoms with Gasteiger partial charge in [-0.05, 0) is 45.3 Å². The van der Waals surface area contributed by atoms with Crippen LogP contribution in [0.5, 0.6) is 0 Å². The maximum absolute atomic E-state index is 11.8. The standard InChI is InChI=1S/C16H32N2O2S2Si/c1-12-11-21-14(18-12)13(9-16(5,6)22(17)19)10-20-23(7,8)15(2,3)4/h11,13H,9-10,17H2,1-8H3/t13-,22?/m1/s1. The van der Waals surface area contributed by atoms with Crippen molar-refractivity contribution in [2.45, 2.75) is 76.8 Å². The van der Waals surface area contributed by atoms with Gasteiger partial charge in [0.25, 0.3) is 0 Å². The molecule has 0 aliphatic heterocycles. The molecule has 2 atom stereocenters. The summed E-state index contributed by atoms with van der Waals surface area (Å²) in [7, 11) is -3.20. The molecule has 1 unspecified atom stereocenters. The van der Waals surface area contributed by atoms with Gasteiger partial charge in [-0.1, -0.05) is 20.8 Å². The van der Waals surface area contributed by atoms with Crippen molar-refractivity contribution in [3.8, 4) is 0 Å². The van der Waals surface area contributed by atoms with Gasteiger partial charge < -0.3 is 4.43 Å². The summed E-state index contributed by atoms with van der Waals surface area (Å²) < 4.78 is 17.8. The van der Waals surface area contributed by atoms with Crippen molar-refractivity contribution in [3.05, 3.63) is 16.1 Å². The second-order valence-corrected chi connectivity index (χ2v) is 15.8. The fraction of sp³-hybridized carbons (Fsp3) is 0.812. The first kappa shape index (κ1) is 21.0. The van der Waals surface area contributed by atoms with Crippen LogP contribution in [0.4, 0.5) is 0 Å². The molecule has 1 aromatic heterocycles. The van der Waals surface area contributed by atoms with Crippen LogP contribution in [-0.2, 0) is 15.4 Å². The van der Waals surface area contributed by atoms with Crippen LogP contribution in [0.15, 0.2) is 5.38 Å². The van der Waals surface area contributed by atoms with Gasteiger partial charge in [-0.25, -0.2) is 9.19 Å². The number of aryl methyl sites for hydroxylation is 1. The van der Waals surface area contributed by atoms with E-state index in [0.717, 1.165) is 10.7 Å². The number of nitrogens with zero attached hydrogens (tertiary/aromatic N) is 1. The van der Waals surface area contributed by atoms with Crippen molar-refractivity contribution in [1.29, 1.82) is 0 Å². The van der Waals surface area contributed by atoms with Gasteiger partial charge in [0.05, 0.1) is 20.7 Å². The molecule has 23 heavy (non-hydrogen) atoms. The molecule has 0 saturated heterocycles. The van der Waals surface area contributed by atoms with Crippen LogP contribution in [0.2, 0.25) is 18.1 Å². The maximum atomic E-state index is 11.8. The number of rotatable bonds is 7. The maximum Gasteiger partial charge on any atom is 0.192 e. The molecule has 0 fully saturated rings. The molecule has 1 aromatic rings. The summed E-state index contributed by atoms with van der Waals surface area (Å²) in [4.78, 5) is 4.63. The first-order chi connectivity index (χ1) is 10.3. The van der Waals surface area contributed by atoms with Crippen LogP contribution in [0.3, 0.4) is 0 Å². The number of hydrogen-bond donors (Lipinski definition) is 1. The molecule has 0 aromatic carbocycles. The highest BCUT2D eigenvalue weighted by atomic mass is 32.2. The summed E-state index contributed by atoms with van der Waals surface area (Å²) >= 11 is 1.65. The summed E-state index contributed by atoms with van der Waals surface area (Å²) in [6.07, 6.45) is 0.706. The zero-order valence-corrected chi connectivity index (χ0v) is 18.4. The normalized spacial score (nSPS) is 16.4. The molecule has 7 heteroatoms. The van der Waals surface area contributed by atoms with Crippen molar-refractivity contribution >= 4 is 30.6 Å². The lowest BCUT2D eigenvalue weighted by molar-refractivity contribution is 0.250. The average molecular weight is 377 g/mol. The molecule has 0 saturated carbocycles. The first-order valence-electron chi connectivity index (χ1n) is 7.98. The van der Waals surface area contributed by atoms with E-state index in [4.69, 9.17) is 9.56 Å². The van der Waals surface area contributed by atoms with Crippen molar-refractivity contribution in [3.63, 3.8) is 0 Å². The Morgan fingerprint density at radius 2 is 1.91 bits per heavy atom. The molecule has 0 aliphatic rings. The Hall–Kier alpha value is -0.0831. The molecule has 1 heterocycles. The second kappa shape index (κ2) is 7.43. The van der Waals surface area contributed by atoms with E-state index in [-0.39, 0.29) is 11.0 Å². The van der Waals surface area contributed by atoms with E-state index in [0.29, 0.717) is 13.0 Å². The Kier molecular flexibility index (Phi) is 6.77. The summed E-state index contributed by atoms with van der Waals surface area (Å²) in [5, 5.41) is 8.96. The first-order valence-corrected chi connectivity index (χ1v) is 13.0. The van der Waals surface area contributed by atoms with Crippen LogP contribution in [-0.4, -0.2) is 28.9 Å². The van der Waals surface area contributed by atoms with Gasteiger partial charge in [0.2, 0.25) is 0 Å². The number of aromatic nitrogens is 1. The Morgan fingerprint density at radius 1 is 1.35 bits per heavy atom. The molecule has 0 amide bonds. The van der Waals surface area contributed by atoms with Crippen molar-refractivity contribution in [2.24, 2.45) is 5.14 Å². The minimum absolute atomic E-state index is 0.130. The smallest absolute Gasteiger partial charge is 0.192 e. The van der Waals surface area contributed by atoms with E-state index in [9.17, 15) is 4.21 Å². The quantitative estimate of drug-likeness (QED) is 0.720. The van der Waals surface area contributed by atoms with E-state index in [2.05, 4.69) is 44.2 Å². The lowest BCUT2D eigenvalue weighted by Crippen LogP contribution is -2.42. The number of thiazole rings is 1. The molecule has 4 nitrogen and oxygen atoms in total. The lowest BCUT2D eigenvalue weighted by Gasteiger charge is -2.37.